The lowest BCUT2D eigenvalue weighted by molar-refractivity contribution is 0.0918. The number of hydrogen-bond donors (Lipinski definition) is 1. The Morgan fingerprint density at radius 1 is 0.947 bits per heavy atom. The van der Waals surface area contributed by atoms with Gasteiger partial charge in [-0.2, -0.15) is 0 Å². The summed E-state index contributed by atoms with van der Waals surface area (Å²) < 4.78 is 5.33. The molecule has 2 aromatic carbocycles. The fourth-order valence-electron chi connectivity index (χ4n) is 2.58. The summed E-state index contributed by atoms with van der Waals surface area (Å²) in [6.45, 7) is 1.44. The van der Waals surface area contributed by atoms with Crippen molar-refractivity contribution in [3.8, 4) is 11.1 Å². The molecule has 2 atom stereocenters. The van der Waals surface area contributed by atoms with Crippen LogP contribution in [0.1, 0.15) is 18.1 Å². The van der Waals surface area contributed by atoms with Crippen molar-refractivity contribution >= 4 is 0 Å². The van der Waals surface area contributed by atoms with Gasteiger partial charge >= 0.3 is 0 Å². The van der Waals surface area contributed by atoms with Gasteiger partial charge in [0.2, 0.25) is 0 Å². The number of aliphatic hydroxyl groups excluding tert-OH is 1. The summed E-state index contributed by atoms with van der Waals surface area (Å²) in [5, 5.41) is 10.3. The van der Waals surface area contributed by atoms with Gasteiger partial charge < -0.3 is 9.84 Å². The van der Waals surface area contributed by atoms with Gasteiger partial charge in [0.25, 0.3) is 0 Å². The zero-order chi connectivity index (χ0) is 13.1. The summed E-state index contributed by atoms with van der Waals surface area (Å²) in [4.78, 5) is 0. The maximum absolute atomic E-state index is 10.3. The Labute approximate surface area is 113 Å². The van der Waals surface area contributed by atoms with E-state index >= 15 is 0 Å². The maximum atomic E-state index is 10.3. The average Bonchev–Trinajstić information content (AvgIpc) is 3.02. The lowest BCUT2D eigenvalue weighted by atomic mass is 9.94. The van der Waals surface area contributed by atoms with Gasteiger partial charge in [-0.3, -0.25) is 0 Å². The lowest BCUT2D eigenvalue weighted by Gasteiger charge is -2.17. The summed E-state index contributed by atoms with van der Waals surface area (Å²) in [6.07, 6.45) is 0.536. The molecule has 0 amide bonds. The van der Waals surface area contributed by atoms with Crippen LogP contribution in [0.4, 0.5) is 0 Å². The molecule has 3 rings (SSSR count). The first kappa shape index (κ1) is 12.4. The van der Waals surface area contributed by atoms with Crippen LogP contribution in [-0.4, -0.2) is 18.3 Å². The number of hydrogen-bond acceptors (Lipinski definition) is 2. The number of ether oxygens (including phenoxy) is 1. The minimum atomic E-state index is -0.410. The van der Waals surface area contributed by atoms with Crippen molar-refractivity contribution in [2.24, 2.45) is 5.92 Å². The first-order valence-electron chi connectivity index (χ1n) is 6.76. The number of aliphatic hydroxyl groups is 1. The molecule has 0 radical (unpaired) electrons. The molecular formula is C17H18O2. The molecule has 1 aliphatic rings. The SMILES string of the molecule is OC(c1ccc(-c2ccccc2)cc1)C1CCOC1. The summed E-state index contributed by atoms with van der Waals surface area (Å²) >= 11 is 0. The van der Waals surface area contributed by atoms with E-state index in [0.717, 1.165) is 18.6 Å². The van der Waals surface area contributed by atoms with Crippen molar-refractivity contribution in [1.82, 2.24) is 0 Å². The predicted molar refractivity (Wildman–Crippen MR) is 75.8 cm³/mol. The molecule has 1 N–H and O–H groups in total. The van der Waals surface area contributed by atoms with Crippen molar-refractivity contribution in [1.29, 1.82) is 0 Å². The Bertz CT molecular complexity index is 513. The second-order valence-electron chi connectivity index (χ2n) is 5.06. The van der Waals surface area contributed by atoms with E-state index < -0.39 is 6.10 Å². The largest absolute Gasteiger partial charge is 0.388 e. The van der Waals surface area contributed by atoms with Crippen molar-refractivity contribution in [2.45, 2.75) is 12.5 Å². The molecule has 2 heteroatoms. The maximum Gasteiger partial charge on any atom is 0.0841 e. The lowest BCUT2D eigenvalue weighted by Crippen LogP contribution is -2.12. The van der Waals surface area contributed by atoms with E-state index in [-0.39, 0.29) is 5.92 Å². The highest BCUT2D eigenvalue weighted by molar-refractivity contribution is 5.63. The minimum Gasteiger partial charge on any atom is -0.388 e. The minimum absolute atomic E-state index is 0.238. The van der Waals surface area contributed by atoms with Crippen LogP contribution in [0.15, 0.2) is 54.6 Å². The number of rotatable bonds is 3. The molecule has 0 aliphatic carbocycles. The van der Waals surface area contributed by atoms with Crippen molar-refractivity contribution in [2.75, 3.05) is 13.2 Å². The summed E-state index contributed by atoms with van der Waals surface area (Å²) in [6, 6.07) is 18.5. The van der Waals surface area contributed by atoms with E-state index in [1.54, 1.807) is 0 Å². The molecule has 1 aliphatic heterocycles. The quantitative estimate of drug-likeness (QED) is 0.909. The van der Waals surface area contributed by atoms with Crippen LogP contribution in [0, 0.1) is 5.92 Å². The van der Waals surface area contributed by atoms with Gasteiger partial charge in [-0.15, -0.1) is 0 Å². The third kappa shape index (κ3) is 2.70. The van der Waals surface area contributed by atoms with Gasteiger partial charge in [0.05, 0.1) is 12.7 Å². The Morgan fingerprint density at radius 3 is 2.26 bits per heavy atom. The van der Waals surface area contributed by atoms with E-state index in [9.17, 15) is 5.11 Å². The Balaban J connectivity index is 1.79. The fourth-order valence-corrected chi connectivity index (χ4v) is 2.58. The highest BCUT2D eigenvalue weighted by Gasteiger charge is 2.24. The molecule has 2 aromatic rings. The van der Waals surface area contributed by atoms with Crippen LogP contribution in [0.2, 0.25) is 0 Å². The third-order valence-electron chi connectivity index (χ3n) is 3.77. The van der Waals surface area contributed by atoms with Gasteiger partial charge in [0, 0.05) is 12.5 Å². The molecule has 0 aromatic heterocycles. The van der Waals surface area contributed by atoms with E-state index in [2.05, 4.69) is 24.3 Å². The first-order chi connectivity index (χ1) is 9.34. The zero-order valence-corrected chi connectivity index (χ0v) is 10.8. The van der Waals surface area contributed by atoms with Crippen molar-refractivity contribution < 1.29 is 9.84 Å². The Hall–Kier alpha value is -1.64. The van der Waals surface area contributed by atoms with Gasteiger partial charge in [-0.25, -0.2) is 0 Å². The van der Waals surface area contributed by atoms with Gasteiger partial charge in [-0.05, 0) is 23.1 Å². The van der Waals surface area contributed by atoms with Crippen LogP contribution in [0.5, 0.6) is 0 Å². The topological polar surface area (TPSA) is 29.5 Å². The fraction of sp³-hybridized carbons (Fsp3) is 0.294. The Morgan fingerprint density at radius 2 is 1.63 bits per heavy atom. The van der Waals surface area contributed by atoms with E-state index in [1.807, 2.05) is 30.3 Å². The molecular weight excluding hydrogens is 236 g/mol. The van der Waals surface area contributed by atoms with Crippen LogP contribution in [0.3, 0.4) is 0 Å². The highest BCUT2D eigenvalue weighted by atomic mass is 16.5. The van der Waals surface area contributed by atoms with Crippen molar-refractivity contribution in [3.05, 3.63) is 60.2 Å². The smallest absolute Gasteiger partial charge is 0.0841 e. The summed E-state index contributed by atoms with van der Waals surface area (Å²) in [5.41, 5.74) is 3.36. The van der Waals surface area contributed by atoms with Gasteiger partial charge in [-0.1, -0.05) is 54.6 Å². The monoisotopic (exact) mass is 254 g/mol. The summed E-state index contributed by atoms with van der Waals surface area (Å²) in [7, 11) is 0. The molecule has 2 unspecified atom stereocenters. The van der Waals surface area contributed by atoms with E-state index in [0.29, 0.717) is 6.61 Å². The average molecular weight is 254 g/mol. The summed E-state index contributed by atoms with van der Waals surface area (Å²) in [5.74, 6) is 0.238. The second kappa shape index (κ2) is 5.55. The molecule has 98 valence electrons. The van der Waals surface area contributed by atoms with Crippen LogP contribution < -0.4 is 0 Å². The van der Waals surface area contributed by atoms with Crippen LogP contribution in [-0.2, 0) is 4.74 Å². The number of benzene rings is 2. The normalized spacial score (nSPS) is 20.4. The molecule has 1 saturated heterocycles. The molecule has 19 heavy (non-hydrogen) atoms. The molecule has 0 spiro atoms. The van der Waals surface area contributed by atoms with E-state index in [4.69, 9.17) is 4.74 Å². The molecule has 2 nitrogen and oxygen atoms in total. The van der Waals surface area contributed by atoms with Crippen molar-refractivity contribution in [3.63, 3.8) is 0 Å². The molecule has 0 bridgehead atoms. The van der Waals surface area contributed by atoms with Gasteiger partial charge in [0.15, 0.2) is 0 Å². The zero-order valence-electron chi connectivity index (χ0n) is 10.8. The van der Waals surface area contributed by atoms with Crippen LogP contribution in [0.25, 0.3) is 11.1 Å². The second-order valence-corrected chi connectivity index (χ2v) is 5.06. The Kier molecular flexibility index (Phi) is 3.62. The van der Waals surface area contributed by atoms with Gasteiger partial charge in [0.1, 0.15) is 0 Å². The standard InChI is InChI=1S/C17H18O2/c18-17(16-10-11-19-12-16)15-8-6-14(7-9-15)13-4-2-1-3-5-13/h1-9,16-18H,10-12H2. The third-order valence-corrected chi connectivity index (χ3v) is 3.77. The highest BCUT2D eigenvalue weighted by Crippen LogP contribution is 2.30. The van der Waals surface area contributed by atoms with E-state index in [1.165, 1.54) is 11.1 Å². The molecule has 1 heterocycles. The molecule has 0 saturated carbocycles. The molecule has 1 fully saturated rings. The first-order valence-corrected chi connectivity index (χ1v) is 6.76. The predicted octanol–water partition coefficient (Wildman–Crippen LogP) is 3.42. The van der Waals surface area contributed by atoms with Crippen LogP contribution >= 0.6 is 0 Å².